The smallest absolute Gasteiger partial charge is 0.144 e. The maximum Gasteiger partial charge on any atom is 0.144 e. The van der Waals surface area contributed by atoms with E-state index < -0.39 is 0 Å². The van der Waals surface area contributed by atoms with Crippen molar-refractivity contribution in [1.29, 1.82) is 0 Å². The Morgan fingerprint density at radius 2 is 2.09 bits per heavy atom. The molecule has 1 aliphatic rings. The second-order valence-corrected chi connectivity index (χ2v) is 6.48. The van der Waals surface area contributed by atoms with E-state index in [2.05, 4.69) is 40.6 Å². The lowest BCUT2D eigenvalue weighted by Crippen LogP contribution is -2.34. The molecule has 3 aromatic rings. The van der Waals surface area contributed by atoms with Gasteiger partial charge in [-0.05, 0) is 40.9 Å². The van der Waals surface area contributed by atoms with Gasteiger partial charge in [-0.25, -0.2) is 0 Å². The first kappa shape index (κ1) is 13.5. The van der Waals surface area contributed by atoms with Crippen LogP contribution in [0.2, 0.25) is 0 Å². The Labute approximate surface area is 133 Å². The van der Waals surface area contributed by atoms with E-state index in [0.717, 1.165) is 43.2 Å². The van der Waals surface area contributed by atoms with Crippen LogP contribution >= 0.6 is 11.3 Å². The summed E-state index contributed by atoms with van der Waals surface area (Å²) in [6, 6.07) is 14.6. The summed E-state index contributed by atoms with van der Waals surface area (Å²) in [5, 5.41) is 3.67. The first-order valence-electron chi connectivity index (χ1n) is 7.53. The van der Waals surface area contributed by atoms with Crippen molar-refractivity contribution in [3.63, 3.8) is 0 Å². The normalized spacial score (nSPS) is 13.9. The van der Waals surface area contributed by atoms with Gasteiger partial charge in [-0.2, -0.15) is 0 Å². The Balaban J connectivity index is 1.55. The number of hydrogen-bond acceptors (Lipinski definition) is 4. The van der Waals surface area contributed by atoms with Crippen molar-refractivity contribution in [2.75, 3.05) is 30.3 Å². The summed E-state index contributed by atoms with van der Waals surface area (Å²) < 4.78 is 7.09. The molecule has 0 bridgehead atoms. The van der Waals surface area contributed by atoms with Gasteiger partial charge in [0.15, 0.2) is 0 Å². The number of nitrogens with two attached hydrogens (primary N) is 1. The van der Waals surface area contributed by atoms with E-state index in [1.807, 2.05) is 23.5 Å². The van der Waals surface area contributed by atoms with Gasteiger partial charge < -0.3 is 15.4 Å². The van der Waals surface area contributed by atoms with E-state index in [0.29, 0.717) is 0 Å². The van der Waals surface area contributed by atoms with Crippen molar-refractivity contribution in [3.05, 3.63) is 53.4 Å². The third-order valence-electron chi connectivity index (χ3n) is 4.16. The molecule has 0 amide bonds. The third kappa shape index (κ3) is 2.40. The van der Waals surface area contributed by atoms with Crippen LogP contribution < -0.4 is 15.4 Å². The molecular formula is C18H18N2OS. The predicted octanol–water partition coefficient (Wildman–Crippen LogP) is 3.93. The molecule has 2 aromatic carbocycles. The van der Waals surface area contributed by atoms with Crippen molar-refractivity contribution in [1.82, 2.24) is 0 Å². The number of benzene rings is 2. The quantitative estimate of drug-likeness (QED) is 0.745. The van der Waals surface area contributed by atoms with Crippen LogP contribution in [0.3, 0.4) is 0 Å². The molecule has 0 unspecified atom stereocenters. The number of rotatable bonds is 3. The SMILES string of the molecule is Nc1ccc2c(c1)OCCN2CCc1csc2ccccc12. The van der Waals surface area contributed by atoms with Crippen LogP contribution in [0, 0.1) is 0 Å². The maximum absolute atomic E-state index is 5.84. The zero-order chi connectivity index (χ0) is 14.9. The van der Waals surface area contributed by atoms with Crippen molar-refractivity contribution < 1.29 is 4.74 Å². The Bertz CT molecular complexity index is 812. The second-order valence-electron chi connectivity index (χ2n) is 5.57. The topological polar surface area (TPSA) is 38.5 Å². The predicted molar refractivity (Wildman–Crippen MR) is 94.1 cm³/mol. The van der Waals surface area contributed by atoms with E-state index in [1.54, 1.807) is 0 Å². The molecule has 0 saturated heterocycles. The Morgan fingerprint density at radius 3 is 3.05 bits per heavy atom. The molecular weight excluding hydrogens is 292 g/mol. The second kappa shape index (κ2) is 5.54. The van der Waals surface area contributed by atoms with Gasteiger partial charge >= 0.3 is 0 Å². The standard InChI is InChI=1S/C18H18N2OS/c19-14-5-6-16-17(11-14)21-10-9-20(16)8-7-13-12-22-18-4-2-1-3-15(13)18/h1-6,11-12H,7-10,19H2. The van der Waals surface area contributed by atoms with Gasteiger partial charge in [0.25, 0.3) is 0 Å². The van der Waals surface area contributed by atoms with Crippen molar-refractivity contribution >= 4 is 32.8 Å². The molecule has 2 heterocycles. The average Bonchev–Trinajstić information content (AvgIpc) is 2.96. The van der Waals surface area contributed by atoms with Crippen LogP contribution in [-0.2, 0) is 6.42 Å². The fraction of sp³-hybridized carbons (Fsp3) is 0.222. The van der Waals surface area contributed by atoms with Gasteiger partial charge in [0.05, 0.1) is 12.2 Å². The number of anilines is 2. The highest BCUT2D eigenvalue weighted by molar-refractivity contribution is 7.17. The molecule has 3 nitrogen and oxygen atoms in total. The van der Waals surface area contributed by atoms with Gasteiger partial charge in [-0.3, -0.25) is 0 Å². The molecule has 1 aromatic heterocycles. The van der Waals surface area contributed by atoms with E-state index in [-0.39, 0.29) is 0 Å². The number of thiophene rings is 1. The molecule has 0 spiro atoms. The van der Waals surface area contributed by atoms with Crippen LogP contribution in [0.5, 0.6) is 5.75 Å². The highest BCUT2D eigenvalue weighted by Gasteiger charge is 2.18. The van der Waals surface area contributed by atoms with E-state index in [4.69, 9.17) is 10.5 Å². The Kier molecular flexibility index (Phi) is 3.39. The molecule has 4 heteroatoms. The summed E-state index contributed by atoms with van der Waals surface area (Å²) >= 11 is 1.83. The minimum absolute atomic E-state index is 0.723. The third-order valence-corrected chi connectivity index (χ3v) is 5.17. The highest BCUT2D eigenvalue weighted by Crippen LogP contribution is 2.34. The molecule has 0 atom stereocenters. The summed E-state index contributed by atoms with van der Waals surface area (Å²) in [5.41, 5.74) is 9.18. The number of fused-ring (bicyclic) bond motifs is 2. The van der Waals surface area contributed by atoms with Crippen molar-refractivity contribution in [2.24, 2.45) is 0 Å². The van der Waals surface area contributed by atoms with Gasteiger partial charge in [0.2, 0.25) is 0 Å². The number of nitrogen functional groups attached to an aromatic ring is 1. The molecule has 0 fully saturated rings. The Morgan fingerprint density at radius 1 is 1.18 bits per heavy atom. The largest absolute Gasteiger partial charge is 0.489 e. The minimum atomic E-state index is 0.723. The fourth-order valence-corrected chi connectivity index (χ4v) is 4.01. The van der Waals surface area contributed by atoms with Crippen molar-refractivity contribution in [3.8, 4) is 5.75 Å². The minimum Gasteiger partial charge on any atom is -0.489 e. The lowest BCUT2D eigenvalue weighted by atomic mass is 10.1. The van der Waals surface area contributed by atoms with Gasteiger partial charge in [0, 0.05) is 23.0 Å². The van der Waals surface area contributed by atoms with Crippen LogP contribution in [0.4, 0.5) is 11.4 Å². The summed E-state index contributed by atoms with van der Waals surface area (Å²) in [6.45, 7) is 2.65. The number of nitrogens with zero attached hydrogens (tertiary/aromatic N) is 1. The van der Waals surface area contributed by atoms with E-state index in [9.17, 15) is 0 Å². The van der Waals surface area contributed by atoms with Crippen LogP contribution in [0.25, 0.3) is 10.1 Å². The van der Waals surface area contributed by atoms with Crippen LogP contribution in [-0.4, -0.2) is 19.7 Å². The van der Waals surface area contributed by atoms with E-state index >= 15 is 0 Å². The molecule has 0 radical (unpaired) electrons. The first-order valence-corrected chi connectivity index (χ1v) is 8.41. The summed E-state index contributed by atoms with van der Waals surface area (Å²) in [7, 11) is 0. The zero-order valence-electron chi connectivity index (χ0n) is 12.3. The van der Waals surface area contributed by atoms with Crippen molar-refractivity contribution in [2.45, 2.75) is 6.42 Å². The van der Waals surface area contributed by atoms with Gasteiger partial charge in [-0.1, -0.05) is 18.2 Å². The molecule has 4 rings (SSSR count). The lowest BCUT2D eigenvalue weighted by Gasteiger charge is -2.31. The van der Waals surface area contributed by atoms with Crippen LogP contribution in [0.1, 0.15) is 5.56 Å². The summed E-state index contributed by atoms with van der Waals surface area (Å²) in [6.07, 6.45) is 1.05. The van der Waals surface area contributed by atoms with E-state index in [1.165, 1.54) is 15.6 Å². The molecule has 0 saturated carbocycles. The monoisotopic (exact) mass is 310 g/mol. The maximum atomic E-state index is 5.84. The fourth-order valence-electron chi connectivity index (χ4n) is 3.01. The number of hydrogen-bond donors (Lipinski definition) is 1. The molecule has 0 aliphatic carbocycles. The summed E-state index contributed by atoms with van der Waals surface area (Å²) in [4.78, 5) is 2.39. The summed E-state index contributed by atoms with van der Waals surface area (Å²) in [5.74, 6) is 0.904. The lowest BCUT2D eigenvalue weighted by molar-refractivity contribution is 0.308. The van der Waals surface area contributed by atoms with Gasteiger partial charge in [-0.15, -0.1) is 11.3 Å². The highest BCUT2D eigenvalue weighted by atomic mass is 32.1. The molecule has 1 aliphatic heterocycles. The number of ether oxygens (including phenoxy) is 1. The van der Waals surface area contributed by atoms with Crippen LogP contribution in [0.15, 0.2) is 47.8 Å². The first-order chi connectivity index (χ1) is 10.8. The molecule has 22 heavy (non-hydrogen) atoms. The van der Waals surface area contributed by atoms with Gasteiger partial charge in [0.1, 0.15) is 12.4 Å². The molecule has 112 valence electrons. The average molecular weight is 310 g/mol. The Hall–Kier alpha value is -2.20. The zero-order valence-corrected chi connectivity index (χ0v) is 13.1. The molecule has 2 N–H and O–H groups in total.